The fraction of sp³-hybridized carbons (Fsp3) is 0.375. The summed E-state index contributed by atoms with van der Waals surface area (Å²) in [4.78, 5) is 24.9. The van der Waals surface area contributed by atoms with E-state index in [9.17, 15) is 9.59 Å². The number of carbonyl (C=O) groups excluding carboxylic acids is 2. The van der Waals surface area contributed by atoms with Crippen molar-refractivity contribution in [2.75, 3.05) is 7.11 Å². The first-order valence-corrected chi connectivity index (χ1v) is 15.0. The molecule has 3 rings (SSSR count). The summed E-state index contributed by atoms with van der Waals surface area (Å²) in [6.45, 7) is 11.5. The molecule has 0 saturated heterocycles. The predicted octanol–water partition coefficient (Wildman–Crippen LogP) is 8.52. The van der Waals surface area contributed by atoms with Gasteiger partial charge in [-0.15, -0.1) is 0 Å². The minimum atomic E-state index is -0.640. The number of carbonyl (C=O) groups is 2. The lowest BCUT2D eigenvalue weighted by Crippen LogP contribution is -2.33. The van der Waals surface area contributed by atoms with Crippen LogP contribution in [0.25, 0.3) is 11.1 Å². The first-order valence-electron chi connectivity index (χ1n) is 13.4. The fourth-order valence-corrected chi connectivity index (χ4v) is 5.64. The molecular weight excluding hydrogens is 668 g/mol. The van der Waals surface area contributed by atoms with Crippen molar-refractivity contribution in [3.63, 3.8) is 0 Å². The maximum atomic E-state index is 12.5. The number of hydrogen-bond acceptors (Lipinski definition) is 6. The van der Waals surface area contributed by atoms with E-state index >= 15 is 0 Å². The van der Waals surface area contributed by atoms with Crippen LogP contribution in [0.4, 0.5) is 9.59 Å². The van der Waals surface area contributed by atoms with E-state index in [2.05, 4.69) is 42.5 Å². The molecule has 0 aromatic heterocycles. The highest BCUT2D eigenvalue weighted by Crippen LogP contribution is 2.41. The van der Waals surface area contributed by atoms with Gasteiger partial charge < -0.3 is 29.6 Å². The molecule has 2 N–H and O–H groups in total. The Bertz CT molecular complexity index is 1320. The van der Waals surface area contributed by atoms with Crippen molar-refractivity contribution in [3.8, 4) is 22.6 Å². The van der Waals surface area contributed by atoms with E-state index in [-0.39, 0.29) is 13.1 Å². The minimum Gasteiger partial charge on any atom is -0.496 e. The fourth-order valence-electron chi connectivity index (χ4n) is 4.04. The number of ether oxygens (including phenoxy) is 4. The van der Waals surface area contributed by atoms with Crippen LogP contribution in [0.1, 0.15) is 58.2 Å². The molecule has 0 heterocycles. The van der Waals surface area contributed by atoms with Gasteiger partial charge >= 0.3 is 12.2 Å². The molecule has 3 aromatic carbocycles. The predicted molar refractivity (Wildman–Crippen MR) is 171 cm³/mol. The standard InChI is InChI=1S/C32H38Br2N2O6/c1-31(2,3)41-29(37)35-17-22-13-21(14-23(28(22)39-7)18-36-30(38)42-32(4,5)6)27-25(33)15-24(16-26(27)34)40-19-20-11-9-8-10-12-20/h8-16H,17-19H2,1-7H3,(H,35,37)(H,36,38). The van der Waals surface area contributed by atoms with E-state index in [1.54, 1.807) is 48.7 Å². The molecule has 8 nitrogen and oxygen atoms in total. The zero-order chi connectivity index (χ0) is 31.1. The third-order valence-electron chi connectivity index (χ3n) is 5.64. The Morgan fingerprint density at radius 1 is 0.762 bits per heavy atom. The molecule has 3 aromatic rings. The Balaban J connectivity index is 1.97. The first-order chi connectivity index (χ1) is 19.6. The molecule has 0 fully saturated rings. The summed E-state index contributed by atoms with van der Waals surface area (Å²) >= 11 is 7.43. The van der Waals surface area contributed by atoms with Gasteiger partial charge in [0, 0.05) is 38.7 Å². The van der Waals surface area contributed by atoms with Gasteiger partial charge in [0.15, 0.2) is 0 Å². The monoisotopic (exact) mass is 704 g/mol. The normalized spacial score (nSPS) is 11.5. The van der Waals surface area contributed by atoms with E-state index in [1.165, 1.54) is 0 Å². The number of benzene rings is 3. The summed E-state index contributed by atoms with van der Waals surface area (Å²) in [6, 6.07) is 17.6. The summed E-state index contributed by atoms with van der Waals surface area (Å²) in [5.41, 5.74) is 2.87. The molecule has 2 amide bonds. The Labute approximate surface area is 264 Å². The van der Waals surface area contributed by atoms with Crippen LogP contribution in [0.2, 0.25) is 0 Å². The van der Waals surface area contributed by atoms with Crippen molar-refractivity contribution in [2.24, 2.45) is 0 Å². The molecule has 226 valence electrons. The molecule has 0 aliphatic carbocycles. The molecule has 0 radical (unpaired) electrons. The summed E-state index contributed by atoms with van der Waals surface area (Å²) in [5, 5.41) is 5.61. The zero-order valence-electron chi connectivity index (χ0n) is 25.0. The summed E-state index contributed by atoms with van der Waals surface area (Å²) < 4.78 is 24.2. The average Bonchev–Trinajstić information content (AvgIpc) is 2.87. The van der Waals surface area contributed by atoms with Crippen LogP contribution < -0.4 is 20.1 Å². The van der Waals surface area contributed by atoms with Crippen LogP contribution in [0.5, 0.6) is 11.5 Å². The van der Waals surface area contributed by atoms with Gasteiger partial charge in [-0.25, -0.2) is 9.59 Å². The highest BCUT2D eigenvalue weighted by atomic mass is 79.9. The molecule has 42 heavy (non-hydrogen) atoms. The number of alkyl carbamates (subject to hydrolysis) is 2. The summed E-state index contributed by atoms with van der Waals surface area (Å²) in [5.74, 6) is 1.22. The molecule has 0 saturated carbocycles. The summed E-state index contributed by atoms with van der Waals surface area (Å²) in [7, 11) is 1.55. The van der Waals surface area contributed by atoms with E-state index in [0.29, 0.717) is 29.2 Å². The third-order valence-corrected chi connectivity index (χ3v) is 6.89. The van der Waals surface area contributed by atoms with Crippen molar-refractivity contribution in [1.29, 1.82) is 0 Å². The minimum absolute atomic E-state index is 0.138. The smallest absolute Gasteiger partial charge is 0.407 e. The van der Waals surface area contributed by atoms with Gasteiger partial charge in [-0.05, 0) is 109 Å². The number of methoxy groups -OCH3 is 1. The van der Waals surface area contributed by atoms with Gasteiger partial charge in [0.2, 0.25) is 0 Å². The quantitative estimate of drug-likeness (QED) is 0.232. The number of hydrogen-bond donors (Lipinski definition) is 2. The lowest BCUT2D eigenvalue weighted by Gasteiger charge is -2.22. The largest absolute Gasteiger partial charge is 0.496 e. The van der Waals surface area contributed by atoms with Crippen LogP contribution in [-0.4, -0.2) is 30.5 Å². The van der Waals surface area contributed by atoms with Crippen LogP contribution in [0.15, 0.2) is 63.5 Å². The van der Waals surface area contributed by atoms with Crippen LogP contribution in [0, 0.1) is 0 Å². The molecular formula is C32H38Br2N2O6. The number of halogens is 2. The summed E-state index contributed by atoms with van der Waals surface area (Å²) in [6.07, 6.45) is -1.10. The molecule has 0 spiro atoms. The van der Waals surface area contributed by atoms with Crippen molar-refractivity contribution < 1.29 is 28.5 Å². The SMILES string of the molecule is COc1c(CNC(=O)OC(C)(C)C)cc(-c2c(Br)cc(OCc3ccccc3)cc2Br)cc1CNC(=O)OC(C)(C)C. The first kappa shape index (κ1) is 33.3. The molecule has 10 heteroatoms. The van der Waals surface area contributed by atoms with Gasteiger partial charge in [-0.3, -0.25) is 0 Å². The molecule has 0 bridgehead atoms. The second-order valence-electron chi connectivity index (χ2n) is 11.6. The number of nitrogens with one attached hydrogen (secondary N) is 2. The highest BCUT2D eigenvalue weighted by Gasteiger charge is 2.21. The van der Waals surface area contributed by atoms with Gasteiger partial charge in [-0.1, -0.05) is 30.3 Å². The third kappa shape index (κ3) is 10.2. The van der Waals surface area contributed by atoms with Crippen molar-refractivity contribution in [1.82, 2.24) is 10.6 Å². The van der Waals surface area contributed by atoms with Crippen molar-refractivity contribution in [2.45, 2.75) is 72.4 Å². The Morgan fingerprint density at radius 3 is 1.67 bits per heavy atom. The zero-order valence-corrected chi connectivity index (χ0v) is 28.2. The second kappa shape index (κ2) is 14.3. The lowest BCUT2D eigenvalue weighted by molar-refractivity contribution is 0.0513. The highest BCUT2D eigenvalue weighted by molar-refractivity contribution is 9.11. The van der Waals surface area contributed by atoms with Gasteiger partial charge in [0.05, 0.1) is 7.11 Å². The van der Waals surface area contributed by atoms with E-state index in [4.69, 9.17) is 18.9 Å². The van der Waals surface area contributed by atoms with Crippen LogP contribution >= 0.6 is 31.9 Å². The van der Waals surface area contributed by atoms with Crippen molar-refractivity contribution in [3.05, 3.63) is 80.2 Å². The van der Waals surface area contributed by atoms with E-state index in [1.807, 2.05) is 54.6 Å². The van der Waals surface area contributed by atoms with Crippen LogP contribution in [0.3, 0.4) is 0 Å². The number of amides is 2. The average molecular weight is 706 g/mol. The van der Waals surface area contributed by atoms with Gasteiger partial charge in [-0.2, -0.15) is 0 Å². The molecule has 0 aliphatic rings. The van der Waals surface area contributed by atoms with Crippen molar-refractivity contribution >= 4 is 44.0 Å². The second-order valence-corrected chi connectivity index (χ2v) is 13.3. The Morgan fingerprint density at radius 2 is 1.24 bits per heavy atom. The molecule has 0 unspecified atom stereocenters. The Kier molecular flexibility index (Phi) is 11.3. The van der Waals surface area contributed by atoms with Gasteiger partial charge in [0.1, 0.15) is 29.3 Å². The van der Waals surface area contributed by atoms with Crippen LogP contribution in [-0.2, 0) is 29.2 Å². The van der Waals surface area contributed by atoms with E-state index < -0.39 is 23.4 Å². The van der Waals surface area contributed by atoms with E-state index in [0.717, 1.165) is 25.6 Å². The Hall–Kier alpha value is -3.24. The maximum absolute atomic E-state index is 12.5. The van der Waals surface area contributed by atoms with Gasteiger partial charge in [0.25, 0.3) is 0 Å². The maximum Gasteiger partial charge on any atom is 0.407 e. The molecule has 0 aliphatic heterocycles. The lowest BCUT2D eigenvalue weighted by atomic mass is 9.98. The molecule has 0 atom stereocenters. The topological polar surface area (TPSA) is 95.1 Å². The number of rotatable bonds is 9.